The molecule has 94 valence electrons. The molecule has 1 aromatic carbocycles. The molecule has 1 amide bonds. The Kier molecular flexibility index (Phi) is 3.06. The number of rotatable bonds is 2. The second-order valence-electron chi connectivity index (χ2n) is 4.25. The maximum Gasteiger partial charge on any atom is 0.255 e. The van der Waals surface area contributed by atoms with E-state index >= 15 is 0 Å². The Bertz CT molecular complexity index is 584. The highest BCUT2D eigenvalue weighted by molar-refractivity contribution is 6.05. The van der Waals surface area contributed by atoms with Crippen LogP contribution in [0.15, 0.2) is 24.3 Å². The standard InChI is InChI=1S/C13H16N4O/c1-8-12(9(2)17(3)16-8)15-13(18)10-4-6-11(14)7-5-10/h4-7H,14H2,1-3H3,(H,15,18). The van der Waals surface area contributed by atoms with Crippen molar-refractivity contribution in [1.29, 1.82) is 0 Å². The van der Waals surface area contributed by atoms with E-state index in [2.05, 4.69) is 10.4 Å². The first-order chi connectivity index (χ1) is 8.49. The van der Waals surface area contributed by atoms with E-state index < -0.39 is 0 Å². The third kappa shape index (κ3) is 2.20. The van der Waals surface area contributed by atoms with E-state index in [1.165, 1.54) is 0 Å². The van der Waals surface area contributed by atoms with Gasteiger partial charge in [0.15, 0.2) is 0 Å². The zero-order valence-corrected chi connectivity index (χ0v) is 10.7. The Balaban J connectivity index is 2.24. The predicted molar refractivity (Wildman–Crippen MR) is 71.5 cm³/mol. The lowest BCUT2D eigenvalue weighted by Crippen LogP contribution is -2.13. The highest BCUT2D eigenvalue weighted by atomic mass is 16.1. The number of aryl methyl sites for hydroxylation is 2. The molecule has 5 heteroatoms. The van der Waals surface area contributed by atoms with E-state index in [1.54, 1.807) is 28.9 Å². The Morgan fingerprint density at radius 2 is 1.89 bits per heavy atom. The van der Waals surface area contributed by atoms with Crippen molar-refractivity contribution in [3.8, 4) is 0 Å². The highest BCUT2D eigenvalue weighted by Gasteiger charge is 2.13. The van der Waals surface area contributed by atoms with E-state index in [9.17, 15) is 4.79 Å². The molecule has 18 heavy (non-hydrogen) atoms. The molecule has 2 rings (SSSR count). The van der Waals surface area contributed by atoms with Gasteiger partial charge in [-0.05, 0) is 38.1 Å². The fraction of sp³-hybridized carbons (Fsp3) is 0.231. The van der Waals surface area contributed by atoms with Crippen LogP contribution < -0.4 is 11.1 Å². The van der Waals surface area contributed by atoms with Gasteiger partial charge < -0.3 is 11.1 Å². The molecule has 3 N–H and O–H groups in total. The van der Waals surface area contributed by atoms with Gasteiger partial charge in [-0.1, -0.05) is 0 Å². The lowest BCUT2D eigenvalue weighted by atomic mass is 10.2. The Morgan fingerprint density at radius 1 is 1.28 bits per heavy atom. The average molecular weight is 244 g/mol. The van der Waals surface area contributed by atoms with Crippen LogP contribution in [0.2, 0.25) is 0 Å². The van der Waals surface area contributed by atoms with E-state index in [4.69, 9.17) is 5.73 Å². The molecule has 0 aliphatic carbocycles. The molecular weight excluding hydrogens is 228 g/mol. The number of anilines is 2. The van der Waals surface area contributed by atoms with E-state index in [0.29, 0.717) is 11.3 Å². The summed E-state index contributed by atoms with van der Waals surface area (Å²) in [6.45, 7) is 3.78. The van der Waals surface area contributed by atoms with E-state index in [-0.39, 0.29) is 5.91 Å². The molecule has 1 aromatic heterocycles. The molecule has 0 aliphatic heterocycles. The largest absolute Gasteiger partial charge is 0.399 e. The summed E-state index contributed by atoms with van der Waals surface area (Å²) in [6, 6.07) is 6.81. The average Bonchev–Trinajstić information content (AvgIpc) is 2.57. The quantitative estimate of drug-likeness (QED) is 0.792. The van der Waals surface area contributed by atoms with Crippen molar-refractivity contribution in [2.75, 3.05) is 11.1 Å². The number of hydrogen-bond acceptors (Lipinski definition) is 3. The molecule has 2 aromatic rings. The summed E-state index contributed by atoms with van der Waals surface area (Å²) in [6.07, 6.45) is 0. The van der Waals surface area contributed by atoms with Gasteiger partial charge in [-0.3, -0.25) is 9.48 Å². The Morgan fingerprint density at radius 3 is 2.39 bits per heavy atom. The SMILES string of the molecule is Cc1nn(C)c(C)c1NC(=O)c1ccc(N)cc1. The number of nitrogen functional groups attached to an aromatic ring is 1. The van der Waals surface area contributed by atoms with Gasteiger partial charge in [-0.15, -0.1) is 0 Å². The van der Waals surface area contributed by atoms with Crippen LogP contribution in [-0.2, 0) is 7.05 Å². The number of carbonyl (C=O) groups is 1. The van der Waals surface area contributed by atoms with E-state index in [0.717, 1.165) is 17.1 Å². The lowest BCUT2D eigenvalue weighted by Gasteiger charge is -2.06. The fourth-order valence-corrected chi connectivity index (χ4v) is 1.77. The van der Waals surface area contributed by atoms with Crippen LogP contribution in [0.1, 0.15) is 21.7 Å². The Hall–Kier alpha value is -2.30. The predicted octanol–water partition coefficient (Wildman–Crippen LogP) is 1.87. The molecule has 1 heterocycles. The van der Waals surface area contributed by atoms with Crippen LogP contribution >= 0.6 is 0 Å². The molecular formula is C13H16N4O. The second-order valence-corrected chi connectivity index (χ2v) is 4.25. The smallest absolute Gasteiger partial charge is 0.255 e. The zero-order chi connectivity index (χ0) is 13.3. The van der Waals surface area contributed by atoms with Crippen molar-refractivity contribution < 1.29 is 4.79 Å². The maximum atomic E-state index is 12.1. The van der Waals surface area contributed by atoms with Crippen LogP contribution in [0.4, 0.5) is 11.4 Å². The van der Waals surface area contributed by atoms with Gasteiger partial charge >= 0.3 is 0 Å². The van der Waals surface area contributed by atoms with Crippen LogP contribution in [0, 0.1) is 13.8 Å². The molecule has 0 spiro atoms. The van der Waals surface area contributed by atoms with Gasteiger partial charge in [0, 0.05) is 18.3 Å². The first-order valence-electron chi connectivity index (χ1n) is 5.66. The normalized spacial score (nSPS) is 10.4. The van der Waals surface area contributed by atoms with Crippen molar-refractivity contribution in [2.45, 2.75) is 13.8 Å². The van der Waals surface area contributed by atoms with Gasteiger partial charge in [0.25, 0.3) is 5.91 Å². The van der Waals surface area contributed by atoms with Crippen LogP contribution in [0.5, 0.6) is 0 Å². The van der Waals surface area contributed by atoms with Crippen molar-refractivity contribution in [2.24, 2.45) is 7.05 Å². The topological polar surface area (TPSA) is 72.9 Å². The molecule has 0 aliphatic rings. The first kappa shape index (κ1) is 12.2. The van der Waals surface area contributed by atoms with Crippen LogP contribution in [0.25, 0.3) is 0 Å². The molecule has 0 saturated heterocycles. The summed E-state index contributed by atoms with van der Waals surface area (Å²) in [5.74, 6) is -0.158. The van der Waals surface area contributed by atoms with Crippen molar-refractivity contribution in [3.05, 3.63) is 41.2 Å². The minimum absolute atomic E-state index is 0.158. The zero-order valence-electron chi connectivity index (χ0n) is 10.7. The summed E-state index contributed by atoms with van der Waals surface area (Å²) < 4.78 is 1.74. The Labute approximate surface area is 106 Å². The number of carbonyl (C=O) groups excluding carboxylic acids is 1. The van der Waals surface area contributed by atoms with Gasteiger partial charge in [-0.25, -0.2) is 0 Å². The first-order valence-corrected chi connectivity index (χ1v) is 5.66. The fourth-order valence-electron chi connectivity index (χ4n) is 1.77. The van der Waals surface area contributed by atoms with Gasteiger partial charge in [0.1, 0.15) is 0 Å². The number of aromatic nitrogens is 2. The molecule has 0 unspecified atom stereocenters. The van der Waals surface area contributed by atoms with Crippen molar-refractivity contribution in [3.63, 3.8) is 0 Å². The number of nitrogens with one attached hydrogen (secondary N) is 1. The number of hydrogen-bond donors (Lipinski definition) is 2. The second kappa shape index (κ2) is 4.52. The number of benzene rings is 1. The molecule has 0 saturated carbocycles. The summed E-state index contributed by atoms with van der Waals surface area (Å²) in [7, 11) is 1.85. The molecule has 0 radical (unpaired) electrons. The van der Waals surface area contributed by atoms with E-state index in [1.807, 2.05) is 20.9 Å². The molecule has 0 fully saturated rings. The lowest BCUT2D eigenvalue weighted by molar-refractivity contribution is 0.102. The van der Waals surface area contributed by atoms with Gasteiger partial charge in [-0.2, -0.15) is 5.10 Å². The number of amides is 1. The summed E-state index contributed by atoms with van der Waals surface area (Å²) in [5, 5.41) is 7.13. The minimum atomic E-state index is -0.158. The minimum Gasteiger partial charge on any atom is -0.399 e. The third-order valence-corrected chi connectivity index (χ3v) is 2.92. The maximum absolute atomic E-state index is 12.1. The van der Waals surface area contributed by atoms with Gasteiger partial charge in [0.2, 0.25) is 0 Å². The molecule has 0 atom stereocenters. The highest BCUT2D eigenvalue weighted by Crippen LogP contribution is 2.19. The van der Waals surface area contributed by atoms with Crippen molar-refractivity contribution >= 4 is 17.3 Å². The van der Waals surface area contributed by atoms with Crippen molar-refractivity contribution in [1.82, 2.24) is 9.78 Å². The molecule has 0 bridgehead atoms. The van der Waals surface area contributed by atoms with Gasteiger partial charge in [0.05, 0.1) is 17.1 Å². The van der Waals surface area contributed by atoms with Crippen LogP contribution in [0.3, 0.4) is 0 Å². The number of nitrogens with two attached hydrogens (primary N) is 1. The summed E-state index contributed by atoms with van der Waals surface area (Å²) in [4.78, 5) is 12.1. The molecule has 5 nitrogen and oxygen atoms in total. The number of nitrogens with zero attached hydrogens (tertiary/aromatic N) is 2. The summed E-state index contributed by atoms with van der Waals surface area (Å²) in [5.41, 5.74) is 9.30. The summed E-state index contributed by atoms with van der Waals surface area (Å²) >= 11 is 0. The monoisotopic (exact) mass is 244 g/mol. The third-order valence-electron chi connectivity index (χ3n) is 2.92. The van der Waals surface area contributed by atoms with Crippen LogP contribution in [-0.4, -0.2) is 15.7 Å².